The number of hydrogen-bond donors (Lipinski definition) is 1. The Kier molecular flexibility index (Phi) is 5.54. The van der Waals surface area contributed by atoms with Gasteiger partial charge < -0.3 is 14.8 Å². The van der Waals surface area contributed by atoms with E-state index in [9.17, 15) is 4.79 Å². The summed E-state index contributed by atoms with van der Waals surface area (Å²) < 4.78 is 11.2. The first-order valence-electron chi connectivity index (χ1n) is 8.52. The molecule has 132 valence electrons. The lowest BCUT2D eigenvalue weighted by atomic mass is 10.1. The molecule has 0 atom stereocenters. The van der Waals surface area contributed by atoms with E-state index in [0.29, 0.717) is 30.3 Å². The number of anilines is 1. The number of carbonyl (C=O) groups excluding carboxylic acids is 1. The molecule has 0 aliphatic carbocycles. The molecular weight excluding hydrogens is 326 g/mol. The molecule has 3 rings (SSSR count). The van der Waals surface area contributed by atoms with Crippen molar-refractivity contribution in [2.24, 2.45) is 0 Å². The van der Waals surface area contributed by atoms with E-state index in [1.54, 1.807) is 24.3 Å². The Morgan fingerprint density at radius 3 is 2.65 bits per heavy atom. The molecular formula is C22H21NO3. The third-order valence-electron chi connectivity index (χ3n) is 3.90. The Morgan fingerprint density at radius 2 is 1.85 bits per heavy atom. The minimum absolute atomic E-state index is 0.197. The molecule has 0 radical (unpaired) electrons. The average molecular weight is 347 g/mol. The highest BCUT2D eigenvalue weighted by atomic mass is 16.5. The quantitative estimate of drug-likeness (QED) is 0.608. The van der Waals surface area contributed by atoms with Crippen LogP contribution >= 0.6 is 0 Å². The number of amides is 1. The van der Waals surface area contributed by atoms with Gasteiger partial charge >= 0.3 is 0 Å². The largest absolute Gasteiger partial charge is 0.490 e. The maximum atomic E-state index is 12.7. The molecule has 0 heterocycles. The summed E-state index contributed by atoms with van der Waals surface area (Å²) >= 11 is 0. The minimum Gasteiger partial charge on any atom is -0.490 e. The Balaban J connectivity index is 1.87. The predicted octanol–water partition coefficient (Wildman–Crippen LogP) is 5.06. The van der Waals surface area contributed by atoms with Crippen molar-refractivity contribution in [3.63, 3.8) is 0 Å². The number of hydrogen-bond acceptors (Lipinski definition) is 3. The molecule has 1 N–H and O–H groups in total. The summed E-state index contributed by atoms with van der Waals surface area (Å²) in [6, 6.07) is 18.9. The third-order valence-corrected chi connectivity index (χ3v) is 3.90. The fourth-order valence-corrected chi connectivity index (χ4v) is 2.71. The zero-order valence-corrected chi connectivity index (χ0v) is 14.7. The Morgan fingerprint density at radius 1 is 1.04 bits per heavy atom. The van der Waals surface area contributed by atoms with Gasteiger partial charge in [0.1, 0.15) is 6.61 Å². The number of fused-ring (bicyclic) bond motifs is 1. The second-order valence-electron chi connectivity index (χ2n) is 5.68. The highest BCUT2D eigenvalue weighted by Gasteiger charge is 2.13. The molecule has 0 bridgehead atoms. The topological polar surface area (TPSA) is 47.6 Å². The third kappa shape index (κ3) is 3.86. The van der Waals surface area contributed by atoms with Gasteiger partial charge in [-0.2, -0.15) is 0 Å². The van der Waals surface area contributed by atoms with Gasteiger partial charge in [0.15, 0.2) is 11.5 Å². The van der Waals surface area contributed by atoms with Crippen molar-refractivity contribution in [2.75, 3.05) is 18.5 Å². The standard InChI is InChI=1S/C22H21NO3/c1-3-14-26-20-13-12-17(15-21(20)25-4-2)22(24)23-19-11-7-9-16-8-5-6-10-18(16)19/h3,5-13,15H,1,4,14H2,2H3,(H,23,24). The van der Waals surface area contributed by atoms with Gasteiger partial charge in [0.25, 0.3) is 5.91 Å². The maximum absolute atomic E-state index is 12.7. The van der Waals surface area contributed by atoms with Gasteiger partial charge in [0.05, 0.1) is 6.61 Å². The van der Waals surface area contributed by atoms with Gasteiger partial charge in [0.2, 0.25) is 0 Å². The Hall–Kier alpha value is -3.27. The molecule has 0 unspecified atom stereocenters. The van der Waals surface area contributed by atoms with Crippen LogP contribution in [0.4, 0.5) is 5.69 Å². The fourth-order valence-electron chi connectivity index (χ4n) is 2.71. The lowest BCUT2D eigenvalue weighted by molar-refractivity contribution is 0.102. The summed E-state index contributed by atoms with van der Waals surface area (Å²) in [6.07, 6.45) is 1.66. The first-order chi connectivity index (χ1) is 12.7. The van der Waals surface area contributed by atoms with E-state index in [0.717, 1.165) is 16.5 Å². The van der Waals surface area contributed by atoms with E-state index >= 15 is 0 Å². The molecule has 0 aliphatic rings. The van der Waals surface area contributed by atoms with Crippen molar-refractivity contribution >= 4 is 22.4 Å². The van der Waals surface area contributed by atoms with E-state index in [4.69, 9.17) is 9.47 Å². The van der Waals surface area contributed by atoms with Crippen LogP contribution in [0, 0.1) is 0 Å². The van der Waals surface area contributed by atoms with Crippen LogP contribution in [-0.4, -0.2) is 19.1 Å². The first kappa shape index (κ1) is 17.5. The van der Waals surface area contributed by atoms with Crippen molar-refractivity contribution < 1.29 is 14.3 Å². The van der Waals surface area contributed by atoms with Gasteiger partial charge in [-0.25, -0.2) is 0 Å². The number of rotatable bonds is 7. The molecule has 26 heavy (non-hydrogen) atoms. The van der Waals surface area contributed by atoms with Gasteiger partial charge in [0, 0.05) is 16.6 Å². The molecule has 4 heteroatoms. The number of nitrogens with one attached hydrogen (secondary N) is 1. The van der Waals surface area contributed by atoms with Crippen LogP contribution < -0.4 is 14.8 Å². The van der Waals surface area contributed by atoms with Gasteiger partial charge in [-0.3, -0.25) is 4.79 Å². The number of carbonyl (C=O) groups is 1. The summed E-state index contributed by atoms with van der Waals surface area (Å²) in [5.41, 5.74) is 1.28. The highest BCUT2D eigenvalue weighted by Crippen LogP contribution is 2.29. The molecule has 0 spiro atoms. The highest BCUT2D eigenvalue weighted by molar-refractivity contribution is 6.09. The zero-order chi connectivity index (χ0) is 18.4. The molecule has 1 amide bonds. The molecule has 0 aromatic heterocycles. The monoisotopic (exact) mass is 347 g/mol. The molecule has 0 fully saturated rings. The van der Waals surface area contributed by atoms with Crippen molar-refractivity contribution in [1.29, 1.82) is 0 Å². The number of ether oxygens (including phenoxy) is 2. The second-order valence-corrected chi connectivity index (χ2v) is 5.68. The summed E-state index contributed by atoms with van der Waals surface area (Å²) in [5, 5.41) is 5.06. The van der Waals surface area contributed by atoms with E-state index in [1.807, 2.05) is 49.4 Å². The van der Waals surface area contributed by atoms with Crippen LogP contribution in [0.15, 0.2) is 73.3 Å². The minimum atomic E-state index is -0.197. The smallest absolute Gasteiger partial charge is 0.255 e. The van der Waals surface area contributed by atoms with Gasteiger partial charge in [-0.15, -0.1) is 0 Å². The van der Waals surface area contributed by atoms with Crippen molar-refractivity contribution in [3.8, 4) is 11.5 Å². The molecule has 4 nitrogen and oxygen atoms in total. The lowest BCUT2D eigenvalue weighted by Crippen LogP contribution is -2.12. The normalized spacial score (nSPS) is 10.3. The molecule has 0 saturated heterocycles. The van der Waals surface area contributed by atoms with E-state index in [1.165, 1.54) is 0 Å². The number of benzene rings is 3. The average Bonchev–Trinajstić information content (AvgIpc) is 2.67. The van der Waals surface area contributed by atoms with Gasteiger partial charge in [-0.1, -0.05) is 49.1 Å². The van der Waals surface area contributed by atoms with Crippen LogP contribution in [0.3, 0.4) is 0 Å². The van der Waals surface area contributed by atoms with E-state index < -0.39 is 0 Å². The Labute approximate surface area is 153 Å². The molecule has 3 aromatic rings. The van der Waals surface area contributed by atoms with Gasteiger partial charge in [-0.05, 0) is 36.6 Å². The van der Waals surface area contributed by atoms with E-state index in [2.05, 4.69) is 11.9 Å². The van der Waals surface area contributed by atoms with E-state index in [-0.39, 0.29) is 5.91 Å². The van der Waals surface area contributed by atoms with Crippen molar-refractivity contribution in [1.82, 2.24) is 0 Å². The van der Waals surface area contributed by atoms with Crippen LogP contribution in [-0.2, 0) is 0 Å². The molecule has 3 aromatic carbocycles. The first-order valence-corrected chi connectivity index (χ1v) is 8.52. The van der Waals surface area contributed by atoms with Crippen molar-refractivity contribution in [2.45, 2.75) is 6.92 Å². The SMILES string of the molecule is C=CCOc1ccc(C(=O)Nc2cccc3ccccc23)cc1OCC. The summed E-state index contributed by atoms with van der Waals surface area (Å²) in [5.74, 6) is 0.936. The predicted molar refractivity (Wildman–Crippen MR) is 105 cm³/mol. The summed E-state index contributed by atoms with van der Waals surface area (Å²) in [7, 11) is 0. The lowest BCUT2D eigenvalue weighted by Gasteiger charge is -2.13. The molecule has 0 aliphatic heterocycles. The van der Waals surface area contributed by atoms with Crippen LogP contribution in [0.2, 0.25) is 0 Å². The summed E-state index contributed by atoms with van der Waals surface area (Å²) in [6.45, 7) is 6.39. The van der Waals surface area contributed by atoms with Crippen LogP contribution in [0.25, 0.3) is 10.8 Å². The molecule has 0 saturated carbocycles. The Bertz CT molecular complexity index is 928. The fraction of sp³-hybridized carbons (Fsp3) is 0.136. The van der Waals surface area contributed by atoms with Crippen LogP contribution in [0.5, 0.6) is 11.5 Å². The second kappa shape index (κ2) is 8.21. The maximum Gasteiger partial charge on any atom is 0.255 e. The van der Waals surface area contributed by atoms with Crippen molar-refractivity contribution in [3.05, 3.63) is 78.9 Å². The zero-order valence-electron chi connectivity index (χ0n) is 14.7. The van der Waals surface area contributed by atoms with Crippen LogP contribution in [0.1, 0.15) is 17.3 Å². The summed E-state index contributed by atoms with van der Waals surface area (Å²) in [4.78, 5) is 12.7.